The molecule has 1 fully saturated rings. The Morgan fingerprint density at radius 3 is 2.68 bits per heavy atom. The van der Waals surface area contributed by atoms with Crippen LogP contribution in [0.1, 0.15) is 49.0 Å². The summed E-state index contributed by atoms with van der Waals surface area (Å²) in [6.07, 6.45) is 3.44. The molecule has 1 N–H and O–H groups in total. The fourth-order valence-electron chi connectivity index (χ4n) is 2.76. The van der Waals surface area contributed by atoms with Gasteiger partial charge in [0, 0.05) is 13.1 Å². The van der Waals surface area contributed by atoms with Crippen molar-refractivity contribution in [2.45, 2.75) is 40.0 Å². The highest BCUT2D eigenvalue weighted by Gasteiger charge is 2.25. The van der Waals surface area contributed by atoms with Crippen molar-refractivity contribution < 1.29 is 9.90 Å². The van der Waals surface area contributed by atoms with Gasteiger partial charge in [0.25, 0.3) is 0 Å². The average Bonchev–Trinajstić information content (AvgIpc) is 2.50. The maximum Gasteiger partial charge on any atom is 0.337 e. The van der Waals surface area contributed by atoms with E-state index in [1.807, 2.05) is 19.1 Å². The number of rotatable bonds is 2. The summed E-state index contributed by atoms with van der Waals surface area (Å²) in [6, 6.07) is 5.72. The van der Waals surface area contributed by atoms with Crippen molar-refractivity contribution in [3.63, 3.8) is 0 Å². The molecule has 0 saturated carbocycles. The molecule has 1 heterocycles. The smallest absolute Gasteiger partial charge is 0.337 e. The van der Waals surface area contributed by atoms with Crippen LogP contribution in [0.2, 0.25) is 0 Å². The molecule has 0 spiro atoms. The van der Waals surface area contributed by atoms with Gasteiger partial charge < -0.3 is 10.0 Å². The molecule has 0 aliphatic carbocycles. The number of carboxylic acid groups (broad SMARTS) is 1. The largest absolute Gasteiger partial charge is 0.478 e. The third-order valence-corrected chi connectivity index (χ3v) is 4.06. The lowest BCUT2D eigenvalue weighted by molar-refractivity contribution is 0.0697. The van der Waals surface area contributed by atoms with Gasteiger partial charge >= 0.3 is 5.97 Å². The van der Waals surface area contributed by atoms with Gasteiger partial charge in [-0.1, -0.05) is 25.5 Å². The molecule has 0 atom stereocenters. The SMILES string of the molecule is Cc1ccc(N2CCCC(C)(C)CC2)c(C(=O)O)c1. The fourth-order valence-corrected chi connectivity index (χ4v) is 2.76. The number of anilines is 1. The van der Waals surface area contributed by atoms with Gasteiger partial charge in [-0.3, -0.25) is 0 Å². The second-order valence-corrected chi connectivity index (χ2v) is 6.33. The van der Waals surface area contributed by atoms with Crippen LogP contribution in [0.4, 0.5) is 5.69 Å². The van der Waals surface area contributed by atoms with Crippen molar-refractivity contribution in [1.82, 2.24) is 0 Å². The summed E-state index contributed by atoms with van der Waals surface area (Å²) >= 11 is 0. The zero-order chi connectivity index (χ0) is 14.0. The van der Waals surface area contributed by atoms with E-state index in [4.69, 9.17) is 0 Å². The van der Waals surface area contributed by atoms with Crippen molar-refractivity contribution >= 4 is 11.7 Å². The van der Waals surface area contributed by atoms with E-state index in [1.54, 1.807) is 6.07 Å². The molecule has 0 aromatic heterocycles. The highest BCUT2D eigenvalue weighted by atomic mass is 16.4. The third kappa shape index (κ3) is 3.28. The van der Waals surface area contributed by atoms with Crippen molar-refractivity contribution in [2.24, 2.45) is 5.41 Å². The Bertz CT molecular complexity index is 480. The van der Waals surface area contributed by atoms with Gasteiger partial charge in [-0.25, -0.2) is 4.79 Å². The van der Waals surface area contributed by atoms with Crippen LogP contribution in [0.3, 0.4) is 0 Å². The molecule has 1 aliphatic rings. The van der Waals surface area contributed by atoms with Gasteiger partial charge in [0.05, 0.1) is 11.3 Å². The first kappa shape index (κ1) is 13.9. The molecular weight excluding hydrogens is 238 g/mol. The molecule has 3 heteroatoms. The number of hydrogen-bond donors (Lipinski definition) is 1. The van der Waals surface area contributed by atoms with Gasteiger partial charge in [0.2, 0.25) is 0 Å². The van der Waals surface area contributed by atoms with Crippen LogP contribution in [0.25, 0.3) is 0 Å². The number of nitrogens with zero attached hydrogens (tertiary/aromatic N) is 1. The highest BCUT2D eigenvalue weighted by Crippen LogP contribution is 2.33. The van der Waals surface area contributed by atoms with Gasteiger partial charge in [0.15, 0.2) is 0 Å². The van der Waals surface area contributed by atoms with E-state index in [9.17, 15) is 9.90 Å². The van der Waals surface area contributed by atoms with Gasteiger partial charge in [-0.2, -0.15) is 0 Å². The second kappa shape index (κ2) is 5.24. The topological polar surface area (TPSA) is 40.5 Å². The number of carbonyl (C=O) groups is 1. The van der Waals surface area contributed by atoms with E-state index in [1.165, 1.54) is 6.42 Å². The highest BCUT2D eigenvalue weighted by molar-refractivity contribution is 5.94. The molecule has 19 heavy (non-hydrogen) atoms. The lowest BCUT2D eigenvalue weighted by atomic mass is 9.85. The third-order valence-electron chi connectivity index (χ3n) is 4.06. The minimum absolute atomic E-state index is 0.364. The van der Waals surface area contributed by atoms with E-state index in [2.05, 4.69) is 18.7 Å². The zero-order valence-corrected chi connectivity index (χ0v) is 12.1. The lowest BCUT2D eigenvalue weighted by Crippen LogP contribution is -2.26. The number of carboxylic acids is 1. The molecule has 1 aromatic carbocycles. The van der Waals surface area contributed by atoms with E-state index in [0.717, 1.165) is 37.2 Å². The Morgan fingerprint density at radius 1 is 1.26 bits per heavy atom. The van der Waals surface area contributed by atoms with Gasteiger partial charge in [-0.05, 0) is 43.7 Å². The molecule has 1 saturated heterocycles. The lowest BCUT2D eigenvalue weighted by Gasteiger charge is -2.26. The van der Waals surface area contributed by atoms with Crippen LogP contribution in [-0.4, -0.2) is 24.2 Å². The molecular formula is C16H23NO2. The first-order valence-electron chi connectivity index (χ1n) is 6.98. The van der Waals surface area contributed by atoms with Crippen LogP contribution in [0.5, 0.6) is 0 Å². The first-order chi connectivity index (χ1) is 8.89. The Labute approximate surface area is 115 Å². The normalized spacial score (nSPS) is 19.0. The molecule has 1 aromatic rings. The molecule has 3 nitrogen and oxygen atoms in total. The van der Waals surface area contributed by atoms with Crippen LogP contribution < -0.4 is 4.90 Å². The van der Waals surface area contributed by atoms with E-state index >= 15 is 0 Å². The first-order valence-corrected chi connectivity index (χ1v) is 6.98. The Hall–Kier alpha value is -1.51. The monoisotopic (exact) mass is 261 g/mol. The summed E-state index contributed by atoms with van der Waals surface area (Å²) in [6.45, 7) is 8.42. The molecule has 0 bridgehead atoms. The molecule has 0 radical (unpaired) electrons. The summed E-state index contributed by atoms with van der Waals surface area (Å²) in [4.78, 5) is 13.6. The van der Waals surface area contributed by atoms with Crippen molar-refractivity contribution in [2.75, 3.05) is 18.0 Å². The predicted octanol–water partition coefficient (Wildman–Crippen LogP) is 3.71. The van der Waals surface area contributed by atoms with Crippen molar-refractivity contribution in [3.8, 4) is 0 Å². The van der Waals surface area contributed by atoms with Crippen molar-refractivity contribution in [1.29, 1.82) is 0 Å². The van der Waals surface area contributed by atoms with E-state index in [-0.39, 0.29) is 0 Å². The Morgan fingerprint density at radius 2 is 2.00 bits per heavy atom. The standard InChI is InChI=1S/C16H23NO2/c1-12-5-6-14(13(11-12)15(18)19)17-9-4-7-16(2,3)8-10-17/h5-6,11H,4,7-10H2,1-3H3,(H,18,19). The minimum atomic E-state index is -0.831. The molecule has 104 valence electrons. The van der Waals surface area contributed by atoms with Crippen LogP contribution in [0, 0.1) is 12.3 Å². The number of aromatic carboxylic acids is 1. The molecule has 1 aliphatic heterocycles. The molecule has 0 unspecified atom stereocenters. The number of aryl methyl sites for hydroxylation is 1. The van der Waals surface area contributed by atoms with E-state index < -0.39 is 5.97 Å². The van der Waals surface area contributed by atoms with Gasteiger partial charge in [-0.15, -0.1) is 0 Å². The zero-order valence-electron chi connectivity index (χ0n) is 12.1. The maximum atomic E-state index is 11.4. The Kier molecular flexibility index (Phi) is 3.83. The van der Waals surface area contributed by atoms with Gasteiger partial charge in [0.1, 0.15) is 0 Å². The fraction of sp³-hybridized carbons (Fsp3) is 0.562. The number of hydrogen-bond acceptors (Lipinski definition) is 2. The van der Waals surface area contributed by atoms with Crippen LogP contribution >= 0.6 is 0 Å². The Balaban J connectivity index is 2.29. The molecule has 0 amide bonds. The van der Waals surface area contributed by atoms with Crippen LogP contribution in [-0.2, 0) is 0 Å². The van der Waals surface area contributed by atoms with Crippen LogP contribution in [0.15, 0.2) is 18.2 Å². The summed E-state index contributed by atoms with van der Waals surface area (Å²) in [7, 11) is 0. The molecule has 2 rings (SSSR count). The summed E-state index contributed by atoms with van der Waals surface area (Å²) < 4.78 is 0. The summed E-state index contributed by atoms with van der Waals surface area (Å²) in [5.41, 5.74) is 2.66. The second-order valence-electron chi connectivity index (χ2n) is 6.33. The maximum absolute atomic E-state index is 11.4. The minimum Gasteiger partial charge on any atom is -0.478 e. The van der Waals surface area contributed by atoms with Crippen molar-refractivity contribution in [3.05, 3.63) is 29.3 Å². The van der Waals surface area contributed by atoms with E-state index in [0.29, 0.717) is 11.0 Å². The number of benzene rings is 1. The summed E-state index contributed by atoms with van der Waals surface area (Å²) in [5.74, 6) is -0.831. The predicted molar refractivity (Wildman–Crippen MR) is 78.0 cm³/mol. The quantitative estimate of drug-likeness (QED) is 0.882. The average molecular weight is 261 g/mol. The summed E-state index contributed by atoms with van der Waals surface area (Å²) in [5, 5.41) is 9.37.